The molecule has 1 aliphatic rings. The first-order chi connectivity index (χ1) is 16.2. The Morgan fingerprint density at radius 3 is 2.14 bits per heavy atom. The van der Waals surface area contributed by atoms with E-state index >= 15 is 0 Å². The Bertz CT molecular complexity index is 813. The minimum atomic E-state index is -1.97. The van der Waals surface area contributed by atoms with Crippen molar-refractivity contribution in [1.29, 1.82) is 0 Å². The lowest BCUT2D eigenvalue weighted by atomic mass is 10.2. The van der Waals surface area contributed by atoms with Crippen molar-refractivity contribution in [2.24, 2.45) is 0 Å². The SMILES string of the molecule is CC(C)(C)OC(=O)NC(CO[Si](C)(C)C(C)(C)C)CN1CCN(C(=O)OCc2ccccc2)CC1. The molecule has 0 aliphatic carbocycles. The molecule has 0 saturated carbocycles. The van der Waals surface area contributed by atoms with Crippen LogP contribution in [-0.4, -0.2) is 81.3 Å². The van der Waals surface area contributed by atoms with Crippen LogP contribution < -0.4 is 5.32 Å². The summed E-state index contributed by atoms with van der Waals surface area (Å²) in [6.07, 6.45) is -0.734. The minimum absolute atomic E-state index is 0.0786. The number of amides is 2. The van der Waals surface area contributed by atoms with Gasteiger partial charge >= 0.3 is 12.2 Å². The van der Waals surface area contributed by atoms with Crippen molar-refractivity contribution in [3.8, 4) is 0 Å². The van der Waals surface area contributed by atoms with E-state index in [9.17, 15) is 9.59 Å². The van der Waals surface area contributed by atoms with Crippen molar-refractivity contribution in [2.45, 2.75) is 77.9 Å². The second-order valence-corrected chi connectivity index (χ2v) is 16.6. The van der Waals surface area contributed by atoms with Gasteiger partial charge in [-0.25, -0.2) is 9.59 Å². The molecule has 1 aromatic carbocycles. The molecule has 0 bridgehead atoms. The van der Waals surface area contributed by atoms with Gasteiger partial charge in [0.2, 0.25) is 0 Å². The maximum Gasteiger partial charge on any atom is 0.410 e. The molecular weight excluding hydrogens is 462 g/mol. The van der Waals surface area contributed by atoms with E-state index in [1.807, 2.05) is 51.1 Å². The molecule has 2 rings (SSSR count). The molecule has 1 aromatic rings. The number of nitrogens with one attached hydrogen (secondary N) is 1. The highest BCUT2D eigenvalue weighted by molar-refractivity contribution is 6.74. The van der Waals surface area contributed by atoms with Gasteiger partial charge in [0.1, 0.15) is 12.2 Å². The topological polar surface area (TPSA) is 80.3 Å². The van der Waals surface area contributed by atoms with Crippen LogP contribution in [0, 0.1) is 0 Å². The fourth-order valence-electron chi connectivity index (χ4n) is 3.37. The average molecular weight is 508 g/mol. The minimum Gasteiger partial charge on any atom is -0.445 e. The van der Waals surface area contributed by atoms with Gasteiger partial charge in [-0.05, 0) is 44.5 Å². The van der Waals surface area contributed by atoms with Crippen LogP contribution in [0.3, 0.4) is 0 Å². The summed E-state index contributed by atoms with van der Waals surface area (Å²) in [6, 6.07) is 9.46. The third-order valence-corrected chi connectivity index (χ3v) is 11.0. The highest BCUT2D eigenvalue weighted by Crippen LogP contribution is 2.36. The molecule has 1 aliphatic heterocycles. The number of benzene rings is 1. The number of ether oxygens (including phenoxy) is 2. The highest BCUT2D eigenvalue weighted by atomic mass is 28.4. The Labute approximate surface area is 212 Å². The van der Waals surface area contributed by atoms with Crippen molar-refractivity contribution in [1.82, 2.24) is 15.1 Å². The van der Waals surface area contributed by atoms with Crippen LogP contribution in [0.1, 0.15) is 47.1 Å². The zero-order valence-electron chi connectivity index (χ0n) is 22.8. The van der Waals surface area contributed by atoms with Crippen LogP contribution in [0.25, 0.3) is 0 Å². The van der Waals surface area contributed by atoms with E-state index in [1.54, 1.807) is 4.90 Å². The Balaban J connectivity index is 1.90. The van der Waals surface area contributed by atoms with Crippen LogP contribution in [0.15, 0.2) is 30.3 Å². The summed E-state index contributed by atoms with van der Waals surface area (Å²) in [7, 11) is -1.97. The zero-order chi connectivity index (χ0) is 26.3. The molecule has 1 saturated heterocycles. The molecule has 0 radical (unpaired) electrons. The summed E-state index contributed by atoms with van der Waals surface area (Å²) >= 11 is 0. The summed E-state index contributed by atoms with van der Waals surface area (Å²) in [6.45, 7) is 20.4. The van der Waals surface area contributed by atoms with E-state index < -0.39 is 20.0 Å². The maximum absolute atomic E-state index is 12.5. The largest absolute Gasteiger partial charge is 0.445 e. The summed E-state index contributed by atoms with van der Waals surface area (Å²) < 4.78 is 17.4. The van der Waals surface area contributed by atoms with E-state index in [0.29, 0.717) is 39.3 Å². The van der Waals surface area contributed by atoms with Crippen LogP contribution in [0.5, 0.6) is 0 Å². The number of carbonyl (C=O) groups is 2. The lowest BCUT2D eigenvalue weighted by molar-refractivity contribution is 0.0440. The predicted octanol–water partition coefficient (Wildman–Crippen LogP) is 4.86. The lowest BCUT2D eigenvalue weighted by Crippen LogP contribution is -2.55. The van der Waals surface area contributed by atoms with Gasteiger partial charge in [-0.3, -0.25) is 4.90 Å². The molecule has 1 fully saturated rings. The van der Waals surface area contributed by atoms with Crippen LogP contribution in [0.4, 0.5) is 9.59 Å². The molecule has 1 heterocycles. The van der Waals surface area contributed by atoms with Crippen LogP contribution in [0.2, 0.25) is 18.1 Å². The third-order valence-electron chi connectivity index (χ3n) is 6.49. The Hall–Kier alpha value is -2.10. The van der Waals surface area contributed by atoms with E-state index in [2.05, 4.69) is 44.1 Å². The van der Waals surface area contributed by atoms with Crippen molar-refractivity contribution in [3.63, 3.8) is 0 Å². The second kappa shape index (κ2) is 12.2. The monoisotopic (exact) mass is 507 g/mol. The number of alkyl carbamates (subject to hydrolysis) is 1. The smallest absolute Gasteiger partial charge is 0.410 e. The second-order valence-electron chi connectivity index (χ2n) is 11.7. The number of hydrogen-bond donors (Lipinski definition) is 1. The first kappa shape index (κ1) is 29.1. The van der Waals surface area contributed by atoms with Gasteiger partial charge < -0.3 is 24.1 Å². The van der Waals surface area contributed by atoms with Gasteiger partial charge in [-0.2, -0.15) is 0 Å². The summed E-state index contributed by atoms with van der Waals surface area (Å²) in [5.74, 6) is 0. The van der Waals surface area contributed by atoms with Gasteiger partial charge in [0.25, 0.3) is 0 Å². The standard InChI is InChI=1S/C26H45N3O5Si/c1-25(2,3)34-23(30)27-22(20-33-35(7,8)26(4,5)6)18-28-14-16-29(17-15-28)24(31)32-19-21-12-10-9-11-13-21/h9-13,22H,14-20H2,1-8H3,(H,27,30). The fourth-order valence-corrected chi connectivity index (χ4v) is 4.43. The Kier molecular flexibility index (Phi) is 10.2. The maximum atomic E-state index is 12.5. The quantitative estimate of drug-likeness (QED) is 0.507. The molecule has 0 aromatic heterocycles. The van der Waals surface area contributed by atoms with Gasteiger partial charge in [-0.15, -0.1) is 0 Å². The number of rotatable bonds is 8. The number of nitrogens with zero attached hydrogens (tertiary/aromatic N) is 2. The summed E-state index contributed by atoms with van der Waals surface area (Å²) in [4.78, 5) is 29.0. The molecule has 2 amide bonds. The average Bonchev–Trinajstić information content (AvgIpc) is 2.75. The molecule has 35 heavy (non-hydrogen) atoms. The van der Waals surface area contributed by atoms with Crippen molar-refractivity contribution in [3.05, 3.63) is 35.9 Å². The first-order valence-electron chi connectivity index (χ1n) is 12.5. The lowest BCUT2D eigenvalue weighted by Gasteiger charge is -2.39. The highest BCUT2D eigenvalue weighted by Gasteiger charge is 2.38. The molecular formula is C26H45N3O5Si. The molecule has 198 valence electrons. The first-order valence-corrected chi connectivity index (χ1v) is 15.4. The van der Waals surface area contributed by atoms with Gasteiger partial charge in [0, 0.05) is 32.7 Å². The molecule has 9 heteroatoms. The van der Waals surface area contributed by atoms with Crippen LogP contribution >= 0.6 is 0 Å². The molecule has 8 nitrogen and oxygen atoms in total. The van der Waals surface area contributed by atoms with Gasteiger partial charge in [0.15, 0.2) is 8.32 Å². The predicted molar refractivity (Wildman–Crippen MR) is 141 cm³/mol. The zero-order valence-corrected chi connectivity index (χ0v) is 23.8. The molecule has 1 unspecified atom stereocenters. The van der Waals surface area contributed by atoms with E-state index in [1.165, 1.54) is 0 Å². The Morgan fingerprint density at radius 1 is 1.00 bits per heavy atom. The van der Waals surface area contributed by atoms with E-state index in [4.69, 9.17) is 13.9 Å². The van der Waals surface area contributed by atoms with Crippen molar-refractivity contribution in [2.75, 3.05) is 39.3 Å². The molecule has 0 spiro atoms. The summed E-state index contributed by atoms with van der Waals surface area (Å²) in [5.41, 5.74) is 0.401. The Morgan fingerprint density at radius 2 is 1.60 bits per heavy atom. The normalized spacial score (nSPS) is 16.5. The number of carbonyl (C=O) groups excluding carboxylic acids is 2. The van der Waals surface area contributed by atoms with Crippen LogP contribution in [-0.2, 0) is 20.5 Å². The van der Waals surface area contributed by atoms with Crippen molar-refractivity contribution < 1.29 is 23.5 Å². The fraction of sp³-hybridized carbons (Fsp3) is 0.692. The molecule has 1 N–H and O–H groups in total. The number of piperazine rings is 1. The third kappa shape index (κ3) is 10.2. The van der Waals surface area contributed by atoms with E-state index in [0.717, 1.165) is 5.56 Å². The summed E-state index contributed by atoms with van der Waals surface area (Å²) in [5, 5.41) is 3.09. The van der Waals surface area contributed by atoms with Crippen molar-refractivity contribution >= 4 is 20.5 Å². The van der Waals surface area contributed by atoms with E-state index in [-0.39, 0.29) is 23.8 Å². The number of hydrogen-bond acceptors (Lipinski definition) is 6. The van der Waals surface area contributed by atoms with Gasteiger partial charge in [0.05, 0.1) is 12.6 Å². The van der Waals surface area contributed by atoms with Gasteiger partial charge in [-0.1, -0.05) is 51.1 Å². The molecule has 1 atom stereocenters.